The van der Waals surface area contributed by atoms with Gasteiger partial charge in [0.2, 0.25) is 5.88 Å². The van der Waals surface area contributed by atoms with E-state index in [2.05, 4.69) is 12.0 Å². The average molecular weight is 216 g/mol. The number of nitrogens with zero attached hydrogens (tertiary/aromatic N) is 2. The largest absolute Gasteiger partial charge is 0.493 e. The van der Waals surface area contributed by atoms with Crippen molar-refractivity contribution in [3.8, 4) is 11.6 Å². The zero-order valence-corrected chi connectivity index (χ0v) is 9.64. The number of benzene rings is 1. The van der Waals surface area contributed by atoms with E-state index in [1.807, 2.05) is 31.2 Å². The van der Waals surface area contributed by atoms with Crippen LogP contribution in [0, 0.1) is 6.92 Å². The normalized spacial score (nSPS) is 10.6. The van der Waals surface area contributed by atoms with Crippen LogP contribution in [0.2, 0.25) is 0 Å². The molecule has 2 rings (SSSR count). The summed E-state index contributed by atoms with van der Waals surface area (Å²) in [5.41, 5.74) is 2.97. The fourth-order valence-corrected chi connectivity index (χ4v) is 1.78. The first-order valence-corrected chi connectivity index (χ1v) is 5.56. The van der Waals surface area contributed by atoms with Gasteiger partial charge in [0, 0.05) is 6.07 Å². The Hall–Kier alpha value is -1.77. The molecule has 0 aliphatic carbocycles. The summed E-state index contributed by atoms with van der Waals surface area (Å²) in [5, 5.41) is 14.2. The molecule has 3 heteroatoms. The van der Waals surface area contributed by atoms with Crippen molar-refractivity contribution in [1.29, 1.82) is 0 Å². The minimum atomic E-state index is 0.206. The maximum atomic E-state index is 9.84. The molecule has 3 nitrogen and oxygen atoms in total. The Morgan fingerprint density at radius 1 is 1.31 bits per heavy atom. The lowest BCUT2D eigenvalue weighted by molar-refractivity contribution is 0.433. The third-order valence-corrected chi connectivity index (χ3v) is 2.59. The van der Waals surface area contributed by atoms with Gasteiger partial charge in [0.05, 0.1) is 11.4 Å². The van der Waals surface area contributed by atoms with Crippen molar-refractivity contribution < 1.29 is 5.11 Å². The van der Waals surface area contributed by atoms with Crippen molar-refractivity contribution in [3.05, 3.63) is 41.6 Å². The fourth-order valence-electron chi connectivity index (χ4n) is 1.78. The van der Waals surface area contributed by atoms with Crippen molar-refractivity contribution in [2.24, 2.45) is 0 Å². The predicted octanol–water partition coefficient (Wildman–Crippen LogP) is 2.84. The van der Waals surface area contributed by atoms with E-state index in [1.165, 1.54) is 0 Å². The van der Waals surface area contributed by atoms with Gasteiger partial charge in [0.25, 0.3) is 0 Å². The zero-order valence-electron chi connectivity index (χ0n) is 9.64. The lowest BCUT2D eigenvalue weighted by Gasteiger charge is -2.05. The standard InChI is InChI=1S/C13H16N2O/c1-3-6-11-9-13(16)15(14-11)12-8-5-4-7-10(12)2/h4-5,7-9,16H,3,6H2,1-2H3. The highest BCUT2D eigenvalue weighted by atomic mass is 16.3. The van der Waals surface area contributed by atoms with E-state index in [0.29, 0.717) is 0 Å². The number of aromatic hydroxyl groups is 1. The van der Waals surface area contributed by atoms with E-state index in [0.717, 1.165) is 29.8 Å². The molecule has 1 N–H and O–H groups in total. The number of hydrogen-bond acceptors (Lipinski definition) is 2. The van der Waals surface area contributed by atoms with Crippen molar-refractivity contribution in [2.75, 3.05) is 0 Å². The summed E-state index contributed by atoms with van der Waals surface area (Å²) in [5.74, 6) is 0.206. The maximum absolute atomic E-state index is 9.84. The number of hydrogen-bond donors (Lipinski definition) is 1. The van der Waals surface area contributed by atoms with Gasteiger partial charge in [-0.2, -0.15) is 5.10 Å². The molecule has 0 atom stereocenters. The Morgan fingerprint density at radius 3 is 2.75 bits per heavy atom. The Morgan fingerprint density at radius 2 is 2.06 bits per heavy atom. The molecule has 0 amide bonds. The molecule has 0 aliphatic heterocycles. The number of para-hydroxylation sites is 1. The van der Waals surface area contributed by atoms with Gasteiger partial charge < -0.3 is 5.11 Å². The van der Waals surface area contributed by atoms with Crippen LogP contribution in [0.3, 0.4) is 0 Å². The van der Waals surface area contributed by atoms with Crippen molar-refractivity contribution in [2.45, 2.75) is 26.7 Å². The van der Waals surface area contributed by atoms with E-state index in [1.54, 1.807) is 10.7 Å². The first kappa shape index (κ1) is 10.7. The van der Waals surface area contributed by atoms with Crippen LogP contribution in [-0.2, 0) is 6.42 Å². The summed E-state index contributed by atoms with van der Waals surface area (Å²) in [4.78, 5) is 0. The van der Waals surface area contributed by atoms with Gasteiger partial charge in [0.15, 0.2) is 0 Å². The summed E-state index contributed by atoms with van der Waals surface area (Å²) in [7, 11) is 0. The van der Waals surface area contributed by atoms with Gasteiger partial charge in [-0.3, -0.25) is 0 Å². The molecule has 0 unspecified atom stereocenters. The van der Waals surface area contributed by atoms with Crippen LogP contribution >= 0.6 is 0 Å². The summed E-state index contributed by atoms with van der Waals surface area (Å²) < 4.78 is 1.60. The summed E-state index contributed by atoms with van der Waals surface area (Å²) in [6.45, 7) is 4.11. The second-order valence-corrected chi connectivity index (χ2v) is 3.94. The van der Waals surface area contributed by atoms with Crippen LogP contribution in [0.15, 0.2) is 30.3 Å². The van der Waals surface area contributed by atoms with Crippen LogP contribution in [0.1, 0.15) is 24.6 Å². The molecule has 0 saturated carbocycles. The molecular formula is C13H16N2O. The minimum absolute atomic E-state index is 0.206. The van der Waals surface area contributed by atoms with Crippen molar-refractivity contribution in [1.82, 2.24) is 9.78 Å². The van der Waals surface area contributed by atoms with Gasteiger partial charge in [0.1, 0.15) is 0 Å². The molecule has 84 valence electrons. The lowest BCUT2D eigenvalue weighted by atomic mass is 10.2. The molecule has 0 saturated heterocycles. The Labute approximate surface area is 95.3 Å². The first-order valence-electron chi connectivity index (χ1n) is 5.56. The highest BCUT2D eigenvalue weighted by Gasteiger charge is 2.09. The van der Waals surface area contributed by atoms with Gasteiger partial charge in [-0.05, 0) is 25.0 Å². The Balaban J connectivity index is 2.44. The van der Waals surface area contributed by atoms with Gasteiger partial charge in [-0.25, -0.2) is 4.68 Å². The van der Waals surface area contributed by atoms with Crippen molar-refractivity contribution >= 4 is 0 Å². The molecule has 1 aromatic heterocycles. The summed E-state index contributed by atoms with van der Waals surface area (Å²) in [6, 6.07) is 9.62. The van der Waals surface area contributed by atoms with Crippen LogP contribution in [-0.4, -0.2) is 14.9 Å². The highest BCUT2D eigenvalue weighted by Crippen LogP contribution is 2.21. The van der Waals surface area contributed by atoms with Gasteiger partial charge in [-0.15, -0.1) is 0 Å². The monoisotopic (exact) mass is 216 g/mol. The first-order chi connectivity index (χ1) is 7.72. The van der Waals surface area contributed by atoms with E-state index >= 15 is 0 Å². The minimum Gasteiger partial charge on any atom is -0.493 e. The molecule has 0 spiro atoms. The molecule has 0 fully saturated rings. The second-order valence-electron chi connectivity index (χ2n) is 3.94. The smallest absolute Gasteiger partial charge is 0.214 e. The molecule has 16 heavy (non-hydrogen) atoms. The quantitative estimate of drug-likeness (QED) is 0.856. The lowest BCUT2D eigenvalue weighted by Crippen LogP contribution is -1.99. The third kappa shape index (κ3) is 1.94. The van der Waals surface area contributed by atoms with Crippen LogP contribution in [0.5, 0.6) is 5.88 Å². The second kappa shape index (κ2) is 4.39. The zero-order chi connectivity index (χ0) is 11.5. The number of rotatable bonds is 3. The molecule has 1 aromatic carbocycles. The fraction of sp³-hybridized carbons (Fsp3) is 0.308. The molecule has 0 aliphatic rings. The van der Waals surface area contributed by atoms with Crippen LogP contribution < -0.4 is 0 Å². The maximum Gasteiger partial charge on any atom is 0.214 e. The molecule has 0 radical (unpaired) electrons. The molecular weight excluding hydrogens is 200 g/mol. The van der Waals surface area contributed by atoms with E-state index in [-0.39, 0.29) is 5.88 Å². The van der Waals surface area contributed by atoms with E-state index in [9.17, 15) is 5.11 Å². The third-order valence-electron chi connectivity index (χ3n) is 2.59. The topological polar surface area (TPSA) is 38.0 Å². The van der Waals surface area contributed by atoms with E-state index < -0.39 is 0 Å². The predicted molar refractivity (Wildman–Crippen MR) is 64.0 cm³/mol. The summed E-state index contributed by atoms with van der Waals surface area (Å²) >= 11 is 0. The van der Waals surface area contributed by atoms with Gasteiger partial charge >= 0.3 is 0 Å². The Bertz CT molecular complexity index is 488. The number of aromatic nitrogens is 2. The van der Waals surface area contributed by atoms with Gasteiger partial charge in [-0.1, -0.05) is 31.5 Å². The van der Waals surface area contributed by atoms with E-state index in [4.69, 9.17) is 0 Å². The highest BCUT2D eigenvalue weighted by molar-refractivity contribution is 5.42. The van der Waals surface area contributed by atoms with Crippen LogP contribution in [0.25, 0.3) is 5.69 Å². The van der Waals surface area contributed by atoms with Crippen molar-refractivity contribution in [3.63, 3.8) is 0 Å². The Kier molecular flexibility index (Phi) is 2.95. The molecule has 1 heterocycles. The molecule has 0 bridgehead atoms. The average Bonchev–Trinajstić information content (AvgIpc) is 2.61. The number of aryl methyl sites for hydroxylation is 2. The molecule has 2 aromatic rings. The SMILES string of the molecule is CCCc1cc(O)n(-c2ccccc2C)n1. The van der Waals surface area contributed by atoms with Crippen LogP contribution in [0.4, 0.5) is 0 Å². The summed E-state index contributed by atoms with van der Waals surface area (Å²) in [6.07, 6.45) is 1.93.